The van der Waals surface area contributed by atoms with Gasteiger partial charge in [0.05, 0.1) is 35.7 Å². The van der Waals surface area contributed by atoms with Gasteiger partial charge < -0.3 is 10.1 Å². The number of hydrogen-bond donors (Lipinski definition) is 1. The van der Waals surface area contributed by atoms with Crippen LogP contribution in [0.15, 0.2) is 0 Å². The van der Waals surface area contributed by atoms with Crippen molar-refractivity contribution in [3.8, 4) is 0 Å². The Hall–Kier alpha value is -1.03. The van der Waals surface area contributed by atoms with Crippen LogP contribution in [0.2, 0.25) is 0 Å². The minimum atomic E-state index is -3.33. The van der Waals surface area contributed by atoms with Crippen LogP contribution in [-0.4, -0.2) is 62.7 Å². The Kier molecular flexibility index (Phi) is 5.21. The van der Waals surface area contributed by atoms with Gasteiger partial charge in [-0.15, -0.1) is 11.3 Å². The average molecular weight is 347 g/mol. The van der Waals surface area contributed by atoms with Crippen LogP contribution < -0.4 is 5.32 Å². The number of carbonyl (C=O) groups excluding carboxylic acids is 1. The summed E-state index contributed by atoms with van der Waals surface area (Å²) in [6, 6.07) is -0.302. The molecule has 0 aliphatic carbocycles. The van der Waals surface area contributed by atoms with Crippen molar-refractivity contribution in [2.75, 3.05) is 33.1 Å². The molecule has 7 nitrogen and oxygen atoms in total. The third-order valence-corrected chi connectivity index (χ3v) is 6.64. The Morgan fingerprint density at radius 3 is 2.64 bits per heavy atom. The van der Waals surface area contributed by atoms with E-state index in [1.54, 1.807) is 6.92 Å². The van der Waals surface area contributed by atoms with Gasteiger partial charge >= 0.3 is 0 Å². The summed E-state index contributed by atoms with van der Waals surface area (Å²) >= 11 is 1.33. The van der Waals surface area contributed by atoms with Gasteiger partial charge in [-0.1, -0.05) is 0 Å². The zero-order valence-electron chi connectivity index (χ0n) is 13.1. The number of amides is 1. The van der Waals surface area contributed by atoms with E-state index in [0.717, 1.165) is 5.01 Å². The van der Waals surface area contributed by atoms with Gasteiger partial charge in [-0.25, -0.2) is 17.7 Å². The molecule has 1 aliphatic heterocycles. The Balaban J connectivity index is 2.05. The van der Waals surface area contributed by atoms with Gasteiger partial charge in [-0.2, -0.15) is 0 Å². The molecule has 22 heavy (non-hydrogen) atoms. The summed E-state index contributed by atoms with van der Waals surface area (Å²) < 4.78 is 30.5. The summed E-state index contributed by atoms with van der Waals surface area (Å²) in [5.41, 5.74) is 0.691. The number of thiazole rings is 1. The first-order chi connectivity index (χ1) is 10.2. The summed E-state index contributed by atoms with van der Waals surface area (Å²) in [5, 5.41) is 3.72. The first kappa shape index (κ1) is 17.3. The van der Waals surface area contributed by atoms with Gasteiger partial charge in [-0.05, 0) is 13.8 Å². The SMILES string of the molecule is Cc1nc(C)c(C(=O)N[C@@H]2COC[C@H]2CS(=O)(=O)N(C)C)s1. The van der Waals surface area contributed by atoms with Crippen molar-refractivity contribution in [3.63, 3.8) is 0 Å². The summed E-state index contributed by atoms with van der Waals surface area (Å²) in [6.45, 7) is 4.30. The molecule has 0 spiro atoms. The molecule has 1 aliphatic rings. The van der Waals surface area contributed by atoms with Crippen molar-refractivity contribution in [1.82, 2.24) is 14.6 Å². The molecule has 1 N–H and O–H groups in total. The van der Waals surface area contributed by atoms with Crippen LogP contribution >= 0.6 is 11.3 Å². The summed E-state index contributed by atoms with van der Waals surface area (Å²) in [7, 11) is -0.322. The second-order valence-corrected chi connectivity index (χ2v) is 9.02. The van der Waals surface area contributed by atoms with Crippen LogP contribution in [0.4, 0.5) is 0 Å². The molecule has 1 saturated heterocycles. The fraction of sp³-hybridized carbons (Fsp3) is 0.692. The largest absolute Gasteiger partial charge is 0.379 e. The minimum absolute atomic E-state index is 0.0361. The number of carbonyl (C=O) groups is 1. The number of aromatic nitrogens is 1. The van der Waals surface area contributed by atoms with Crippen molar-refractivity contribution < 1.29 is 17.9 Å². The normalized spacial score (nSPS) is 22.2. The number of nitrogens with zero attached hydrogens (tertiary/aromatic N) is 2. The summed E-state index contributed by atoms with van der Waals surface area (Å²) in [4.78, 5) is 17.1. The van der Waals surface area contributed by atoms with E-state index >= 15 is 0 Å². The lowest BCUT2D eigenvalue weighted by Crippen LogP contribution is -2.43. The van der Waals surface area contributed by atoms with E-state index in [1.807, 2.05) is 6.92 Å². The van der Waals surface area contributed by atoms with Crippen LogP contribution in [0.25, 0.3) is 0 Å². The highest BCUT2D eigenvalue weighted by Gasteiger charge is 2.34. The fourth-order valence-electron chi connectivity index (χ4n) is 2.32. The molecule has 0 bridgehead atoms. The maximum atomic E-state index is 12.3. The fourth-order valence-corrected chi connectivity index (χ4v) is 4.31. The quantitative estimate of drug-likeness (QED) is 0.833. The number of sulfonamides is 1. The van der Waals surface area contributed by atoms with E-state index in [0.29, 0.717) is 23.8 Å². The van der Waals surface area contributed by atoms with Crippen LogP contribution in [0.5, 0.6) is 0 Å². The molecule has 1 fully saturated rings. The third-order valence-electron chi connectivity index (χ3n) is 3.61. The smallest absolute Gasteiger partial charge is 0.263 e. The molecule has 2 atom stereocenters. The highest BCUT2D eigenvalue weighted by Crippen LogP contribution is 2.20. The lowest BCUT2D eigenvalue weighted by Gasteiger charge is -2.20. The second kappa shape index (κ2) is 6.61. The Bertz CT molecular complexity index is 654. The van der Waals surface area contributed by atoms with Gasteiger partial charge in [0, 0.05) is 20.0 Å². The summed E-state index contributed by atoms with van der Waals surface area (Å²) in [5.74, 6) is -0.498. The molecule has 0 aromatic carbocycles. The minimum Gasteiger partial charge on any atom is -0.379 e. The van der Waals surface area contributed by atoms with E-state index in [2.05, 4.69) is 10.3 Å². The van der Waals surface area contributed by atoms with Crippen LogP contribution in [-0.2, 0) is 14.8 Å². The maximum Gasteiger partial charge on any atom is 0.263 e. The van der Waals surface area contributed by atoms with Crippen LogP contribution in [0, 0.1) is 19.8 Å². The molecule has 2 rings (SSSR count). The van der Waals surface area contributed by atoms with Crippen molar-refractivity contribution in [1.29, 1.82) is 0 Å². The van der Waals surface area contributed by atoms with Crippen molar-refractivity contribution in [2.24, 2.45) is 5.92 Å². The summed E-state index contributed by atoms with van der Waals surface area (Å²) in [6.07, 6.45) is 0. The third kappa shape index (κ3) is 3.83. The first-order valence-electron chi connectivity index (χ1n) is 6.93. The van der Waals surface area contributed by atoms with Crippen LogP contribution in [0.3, 0.4) is 0 Å². The number of nitrogens with one attached hydrogen (secondary N) is 1. The van der Waals surface area contributed by atoms with Crippen molar-refractivity contribution in [2.45, 2.75) is 19.9 Å². The molecule has 1 aromatic heterocycles. The van der Waals surface area contributed by atoms with Crippen molar-refractivity contribution in [3.05, 3.63) is 15.6 Å². The molecule has 0 unspecified atom stereocenters. The highest BCUT2D eigenvalue weighted by atomic mass is 32.2. The van der Waals surface area contributed by atoms with E-state index in [-0.39, 0.29) is 23.6 Å². The number of aryl methyl sites for hydroxylation is 2. The van der Waals surface area contributed by atoms with Crippen molar-refractivity contribution >= 4 is 27.3 Å². The Labute approximate surface area is 134 Å². The van der Waals surface area contributed by atoms with E-state index in [4.69, 9.17) is 4.74 Å². The Morgan fingerprint density at radius 2 is 2.09 bits per heavy atom. The second-order valence-electron chi connectivity index (χ2n) is 5.59. The molecule has 124 valence electrons. The van der Waals surface area contributed by atoms with E-state index in [1.165, 1.54) is 29.7 Å². The molecule has 1 amide bonds. The monoisotopic (exact) mass is 347 g/mol. The number of hydrogen-bond acceptors (Lipinski definition) is 6. The van der Waals surface area contributed by atoms with E-state index in [9.17, 15) is 13.2 Å². The number of rotatable bonds is 5. The highest BCUT2D eigenvalue weighted by molar-refractivity contribution is 7.89. The van der Waals surface area contributed by atoms with Gasteiger partial charge in [0.25, 0.3) is 5.91 Å². The molecular formula is C13H21N3O4S2. The zero-order valence-corrected chi connectivity index (χ0v) is 14.8. The van der Waals surface area contributed by atoms with Gasteiger partial charge in [0.2, 0.25) is 10.0 Å². The van der Waals surface area contributed by atoms with Gasteiger partial charge in [-0.3, -0.25) is 4.79 Å². The molecular weight excluding hydrogens is 326 g/mol. The average Bonchev–Trinajstić information content (AvgIpc) is 2.95. The Morgan fingerprint density at radius 1 is 1.41 bits per heavy atom. The zero-order chi connectivity index (χ0) is 16.5. The molecule has 2 heterocycles. The molecule has 0 saturated carbocycles. The number of ether oxygens (including phenoxy) is 1. The standard InChI is InChI=1S/C13H21N3O4S2/c1-8-12(21-9(2)14-8)13(17)15-11-6-20-5-10(11)7-22(18,19)16(3)4/h10-11H,5-7H2,1-4H3,(H,15,17)/t10-,11+/m0/s1. The van der Waals surface area contributed by atoms with E-state index < -0.39 is 10.0 Å². The lowest BCUT2D eigenvalue weighted by atomic mass is 10.1. The predicted molar refractivity (Wildman–Crippen MR) is 84.6 cm³/mol. The molecule has 1 aromatic rings. The molecule has 9 heteroatoms. The van der Waals surface area contributed by atoms with Gasteiger partial charge in [0.15, 0.2) is 0 Å². The topological polar surface area (TPSA) is 88.6 Å². The predicted octanol–water partition coefficient (Wildman–Crippen LogP) is 0.396. The van der Waals surface area contributed by atoms with Crippen LogP contribution in [0.1, 0.15) is 20.4 Å². The molecule has 0 radical (unpaired) electrons. The lowest BCUT2D eigenvalue weighted by molar-refractivity contribution is 0.0929. The van der Waals surface area contributed by atoms with Gasteiger partial charge in [0.1, 0.15) is 4.88 Å². The first-order valence-corrected chi connectivity index (χ1v) is 9.36. The maximum absolute atomic E-state index is 12.3.